The number of halogens is 3. The van der Waals surface area contributed by atoms with Crippen molar-refractivity contribution in [3.8, 4) is 0 Å². The standard InChI is InChI=1S/C13H16Cl2FN/c1-17(7-9-4-11(14)5-9)8-10-2-3-12(16)6-13(10)15/h2-3,6,9,11H,4-5,7-8H2,1H3. The van der Waals surface area contributed by atoms with Crippen LogP contribution in [0, 0.1) is 11.7 Å². The molecule has 0 amide bonds. The van der Waals surface area contributed by atoms with E-state index in [9.17, 15) is 4.39 Å². The molecule has 0 saturated heterocycles. The van der Waals surface area contributed by atoms with E-state index in [1.807, 2.05) is 0 Å². The zero-order chi connectivity index (χ0) is 12.4. The van der Waals surface area contributed by atoms with Gasteiger partial charge >= 0.3 is 0 Å². The van der Waals surface area contributed by atoms with Gasteiger partial charge in [0, 0.05) is 23.5 Å². The molecule has 1 saturated carbocycles. The molecule has 0 unspecified atom stereocenters. The average molecular weight is 276 g/mol. The lowest BCUT2D eigenvalue weighted by molar-refractivity contribution is 0.204. The molecule has 0 bridgehead atoms. The van der Waals surface area contributed by atoms with Crippen LogP contribution in [-0.4, -0.2) is 23.9 Å². The number of nitrogens with zero attached hydrogens (tertiary/aromatic N) is 1. The van der Waals surface area contributed by atoms with Crippen molar-refractivity contribution in [1.29, 1.82) is 0 Å². The zero-order valence-electron chi connectivity index (χ0n) is 9.80. The first-order chi connectivity index (χ1) is 8.04. The Morgan fingerprint density at radius 3 is 2.71 bits per heavy atom. The summed E-state index contributed by atoms with van der Waals surface area (Å²) in [5, 5.41) is 0.864. The first-order valence-corrected chi connectivity index (χ1v) is 6.62. The number of hydrogen-bond donors (Lipinski definition) is 0. The summed E-state index contributed by atoms with van der Waals surface area (Å²) < 4.78 is 12.9. The normalized spacial score (nSPS) is 23.8. The van der Waals surface area contributed by atoms with Crippen LogP contribution >= 0.6 is 23.2 Å². The first-order valence-electron chi connectivity index (χ1n) is 5.81. The molecule has 0 radical (unpaired) electrons. The highest BCUT2D eigenvalue weighted by atomic mass is 35.5. The van der Waals surface area contributed by atoms with Crippen LogP contribution in [0.3, 0.4) is 0 Å². The Kier molecular flexibility index (Phi) is 4.29. The summed E-state index contributed by atoms with van der Waals surface area (Å²) in [6.07, 6.45) is 2.20. The fourth-order valence-electron chi connectivity index (χ4n) is 2.25. The van der Waals surface area contributed by atoms with Crippen molar-refractivity contribution >= 4 is 23.2 Å². The Labute approximate surface area is 112 Å². The van der Waals surface area contributed by atoms with Crippen LogP contribution in [0.4, 0.5) is 4.39 Å². The van der Waals surface area contributed by atoms with E-state index in [1.165, 1.54) is 12.1 Å². The van der Waals surface area contributed by atoms with E-state index in [-0.39, 0.29) is 5.82 Å². The molecule has 2 rings (SSSR count). The molecule has 1 aliphatic rings. The third-order valence-electron chi connectivity index (χ3n) is 3.20. The van der Waals surface area contributed by atoms with E-state index >= 15 is 0 Å². The Morgan fingerprint density at radius 1 is 1.41 bits per heavy atom. The molecular weight excluding hydrogens is 260 g/mol. The van der Waals surface area contributed by atoms with E-state index in [2.05, 4.69) is 11.9 Å². The molecule has 1 aromatic rings. The Hall–Kier alpha value is -0.310. The van der Waals surface area contributed by atoms with Crippen molar-refractivity contribution in [2.45, 2.75) is 24.8 Å². The number of rotatable bonds is 4. The van der Waals surface area contributed by atoms with Gasteiger partial charge in [0.2, 0.25) is 0 Å². The van der Waals surface area contributed by atoms with Crippen molar-refractivity contribution < 1.29 is 4.39 Å². The second kappa shape index (κ2) is 5.55. The maximum atomic E-state index is 12.9. The van der Waals surface area contributed by atoms with Crippen molar-refractivity contribution in [2.75, 3.05) is 13.6 Å². The molecule has 0 N–H and O–H groups in total. The van der Waals surface area contributed by atoms with Crippen LogP contribution in [0.15, 0.2) is 18.2 Å². The predicted octanol–water partition coefficient (Wildman–Crippen LogP) is 3.93. The number of benzene rings is 1. The summed E-state index contributed by atoms with van der Waals surface area (Å²) in [6.45, 7) is 1.78. The smallest absolute Gasteiger partial charge is 0.124 e. The van der Waals surface area contributed by atoms with Crippen LogP contribution in [0.2, 0.25) is 5.02 Å². The summed E-state index contributed by atoms with van der Waals surface area (Å²) in [7, 11) is 2.06. The van der Waals surface area contributed by atoms with Gasteiger partial charge in [-0.1, -0.05) is 17.7 Å². The summed E-state index contributed by atoms with van der Waals surface area (Å²) in [6, 6.07) is 4.56. The van der Waals surface area contributed by atoms with Crippen LogP contribution in [0.1, 0.15) is 18.4 Å². The summed E-state index contributed by atoms with van der Waals surface area (Å²) >= 11 is 11.9. The fourth-order valence-corrected chi connectivity index (χ4v) is 2.98. The molecule has 0 aliphatic heterocycles. The van der Waals surface area contributed by atoms with Gasteiger partial charge in [0.1, 0.15) is 5.82 Å². The molecule has 1 aliphatic carbocycles. The van der Waals surface area contributed by atoms with Gasteiger partial charge in [-0.2, -0.15) is 0 Å². The lowest BCUT2D eigenvalue weighted by Crippen LogP contribution is -2.34. The number of alkyl halides is 1. The monoisotopic (exact) mass is 275 g/mol. The van der Waals surface area contributed by atoms with Gasteiger partial charge < -0.3 is 4.90 Å². The quantitative estimate of drug-likeness (QED) is 0.753. The third-order valence-corrected chi connectivity index (χ3v) is 3.91. The SMILES string of the molecule is CN(Cc1ccc(F)cc1Cl)CC1CC(Cl)C1. The van der Waals surface area contributed by atoms with Gasteiger partial charge in [-0.05, 0) is 43.5 Å². The Balaban J connectivity index is 1.87. The summed E-state index contributed by atoms with van der Waals surface area (Å²) in [5.41, 5.74) is 0.970. The minimum Gasteiger partial charge on any atom is -0.302 e. The predicted molar refractivity (Wildman–Crippen MR) is 70.1 cm³/mol. The van der Waals surface area contributed by atoms with Gasteiger partial charge in [-0.3, -0.25) is 0 Å². The molecule has 17 heavy (non-hydrogen) atoms. The van der Waals surface area contributed by atoms with E-state index in [0.29, 0.717) is 16.3 Å². The highest BCUT2D eigenvalue weighted by Gasteiger charge is 2.27. The molecule has 1 nitrogen and oxygen atoms in total. The van der Waals surface area contributed by atoms with Crippen LogP contribution in [-0.2, 0) is 6.54 Å². The third kappa shape index (κ3) is 3.57. The average Bonchev–Trinajstić information content (AvgIpc) is 2.20. The van der Waals surface area contributed by atoms with Crippen molar-refractivity contribution in [1.82, 2.24) is 4.90 Å². The molecule has 0 spiro atoms. The fraction of sp³-hybridized carbons (Fsp3) is 0.538. The molecule has 4 heteroatoms. The van der Waals surface area contributed by atoms with Crippen molar-refractivity contribution in [3.63, 3.8) is 0 Å². The maximum Gasteiger partial charge on any atom is 0.124 e. The van der Waals surface area contributed by atoms with E-state index in [4.69, 9.17) is 23.2 Å². The van der Waals surface area contributed by atoms with Gasteiger partial charge in [0.25, 0.3) is 0 Å². The van der Waals surface area contributed by atoms with Gasteiger partial charge in [-0.25, -0.2) is 4.39 Å². The lowest BCUT2D eigenvalue weighted by atomic mass is 9.84. The largest absolute Gasteiger partial charge is 0.302 e. The minimum absolute atomic E-state index is 0.287. The molecule has 94 valence electrons. The second-order valence-electron chi connectivity index (χ2n) is 4.87. The summed E-state index contributed by atoms with van der Waals surface area (Å²) in [5.74, 6) is 0.409. The Morgan fingerprint density at radius 2 is 2.12 bits per heavy atom. The second-order valence-corrected chi connectivity index (χ2v) is 5.89. The topological polar surface area (TPSA) is 3.24 Å². The van der Waals surface area contributed by atoms with Crippen molar-refractivity contribution in [3.05, 3.63) is 34.6 Å². The van der Waals surface area contributed by atoms with Gasteiger partial charge in [0.15, 0.2) is 0 Å². The minimum atomic E-state index is -0.287. The molecule has 0 aromatic heterocycles. The highest BCUT2D eigenvalue weighted by Crippen LogP contribution is 2.32. The summed E-state index contributed by atoms with van der Waals surface area (Å²) in [4.78, 5) is 2.21. The van der Waals surface area contributed by atoms with E-state index < -0.39 is 0 Å². The van der Waals surface area contributed by atoms with E-state index in [0.717, 1.165) is 31.5 Å². The Bertz CT molecular complexity index is 391. The van der Waals surface area contributed by atoms with Crippen LogP contribution in [0.5, 0.6) is 0 Å². The molecule has 1 aromatic carbocycles. The maximum absolute atomic E-state index is 12.9. The zero-order valence-corrected chi connectivity index (χ0v) is 11.3. The van der Waals surface area contributed by atoms with Crippen LogP contribution in [0.25, 0.3) is 0 Å². The molecular formula is C13H16Cl2FN. The first kappa shape index (κ1) is 13.1. The van der Waals surface area contributed by atoms with Crippen LogP contribution < -0.4 is 0 Å². The highest BCUT2D eigenvalue weighted by molar-refractivity contribution is 6.31. The lowest BCUT2D eigenvalue weighted by Gasteiger charge is -2.34. The molecule has 1 fully saturated rings. The van der Waals surface area contributed by atoms with Crippen molar-refractivity contribution in [2.24, 2.45) is 5.92 Å². The van der Waals surface area contributed by atoms with Gasteiger partial charge in [-0.15, -0.1) is 11.6 Å². The van der Waals surface area contributed by atoms with E-state index in [1.54, 1.807) is 6.07 Å². The molecule has 0 heterocycles. The number of hydrogen-bond acceptors (Lipinski definition) is 1. The van der Waals surface area contributed by atoms with Gasteiger partial charge in [0.05, 0.1) is 0 Å². The molecule has 0 atom stereocenters.